The Morgan fingerprint density at radius 1 is 1.15 bits per heavy atom. The van der Waals surface area contributed by atoms with Gasteiger partial charge in [-0.15, -0.1) is 0 Å². The van der Waals surface area contributed by atoms with E-state index in [1.54, 1.807) is 32.9 Å². The van der Waals surface area contributed by atoms with Gasteiger partial charge in [-0.25, -0.2) is 20.6 Å². The number of carbonyl (C=O) groups is 2. The molecule has 0 aliphatic carbocycles. The Labute approximate surface area is 156 Å². The van der Waals surface area contributed by atoms with Crippen LogP contribution in [0.25, 0.3) is 11.3 Å². The van der Waals surface area contributed by atoms with Crippen molar-refractivity contribution in [1.82, 2.24) is 20.4 Å². The predicted molar refractivity (Wildman–Crippen MR) is 94.6 cm³/mol. The third-order valence-corrected chi connectivity index (χ3v) is 2.97. The number of nitrogens with two attached hydrogens (primary N) is 1. The minimum absolute atomic E-state index is 0.0278. The molecule has 10 heteroatoms. The Balaban J connectivity index is 1.87. The van der Waals surface area contributed by atoms with Gasteiger partial charge in [0.2, 0.25) is 5.88 Å². The molecule has 27 heavy (non-hydrogen) atoms. The molecule has 0 saturated heterocycles. The monoisotopic (exact) mass is 375 g/mol. The molecule has 0 aliphatic rings. The molecule has 144 valence electrons. The number of nitrogens with zero attached hydrogens (tertiary/aromatic N) is 3. The lowest BCUT2D eigenvalue weighted by Crippen LogP contribution is -2.30. The predicted octanol–water partition coefficient (Wildman–Crippen LogP) is 1.47. The van der Waals surface area contributed by atoms with Gasteiger partial charge >= 0.3 is 6.16 Å². The van der Waals surface area contributed by atoms with Crippen LogP contribution in [0.1, 0.15) is 31.3 Å². The summed E-state index contributed by atoms with van der Waals surface area (Å²) in [5.41, 5.74) is 2.58. The van der Waals surface area contributed by atoms with Crippen LogP contribution in [-0.4, -0.2) is 45.8 Å². The summed E-state index contributed by atoms with van der Waals surface area (Å²) in [6.45, 7) is 5.40. The van der Waals surface area contributed by atoms with Crippen LogP contribution in [0, 0.1) is 0 Å². The highest BCUT2D eigenvalue weighted by molar-refractivity contribution is 5.91. The zero-order chi connectivity index (χ0) is 19.9. The van der Waals surface area contributed by atoms with Gasteiger partial charge in [-0.1, -0.05) is 0 Å². The van der Waals surface area contributed by atoms with E-state index in [4.69, 9.17) is 20.1 Å². The van der Waals surface area contributed by atoms with Gasteiger partial charge < -0.3 is 14.2 Å². The van der Waals surface area contributed by atoms with E-state index in [9.17, 15) is 9.59 Å². The molecular formula is C17H21N5O5. The fourth-order valence-electron chi connectivity index (χ4n) is 1.86. The van der Waals surface area contributed by atoms with Crippen molar-refractivity contribution in [3.8, 4) is 17.1 Å². The summed E-state index contributed by atoms with van der Waals surface area (Å²) in [5.74, 6) is 4.89. The summed E-state index contributed by atoms with van der Waals surface area (Å²) in [6.07, 6.45) is 3.58. The van der Waals surface area contributed by atoms with E-state index in [-0.39, 0.29) is 18.9 Å². The first-order valence-corrected chi connectivity index (χ1v) is 8.06. The molecule has 0 fully saturated rings. The highest BCUT2D eigenvalue weighted by Gasteiger charge is 2.17. The molecule has 2 aromatic heterocycles. The molecule has 0 unspecified atom stereocenters. The Bertz CT molecular complexity index is 789. The maximum Gasteiger partial charge on any atom is 0.508 e. The van der Waals surface area contributed by atoms with Crippen molar-refractivity contribution < 1.29 is 23.8 Å². The first-order valence-electron chi connectivity index (χ1n) is 8.06. The van der Waals surface area contributed by atoms with E-state index in [0.29, 0.717) is 17.1 Å². The van der Waals surface area contributed by atoms with E-state index < -0.39 is 17.7 Å². The smallest absolute Gasteiger partial charge is 0.474 e. The molecular weight excluding hydrogens is 354 g/mol. The van der Waals surface area contributed by atoms with E-state index in [1.165, 1.54) is 18.6 Å². The second-order valence-corrected chi connectivity index (χ2v) is 6.31. The third-order valence-electron chi connectivity index (χ3n) is 2.97. The van der Waals surface area contributed by atoms with Crippen molar-refractivity contribution in [2.45, 2.75) is 26.4 Å². The zero-order valence-corrected chi connectivity index (χ0v) is 15.3. The molecule has 0 aliphatic heterocycles. The fourth-order valence-corrected chi connectivity index (χ4v) is 1.86. The number of carbonyl (C=O) groups excluding carboxylic acids is 2. The first-order chi connectivity index (χ1) is 12.8. The lowest BCUT2D eigenvalue weighted by Gasteiger charge is -2.18. The van der Waals surface area contributed by atoms with Gasteiger partial charge in [0.05, 0.1) is 18.1 Å². The van der Waals surface area contributed by atoms with E-state index in [2.05, 4.69) is 15.0 Å². The molecule has 3 N–H and O–H groups in total. The SMILES string of the molecule is CC(C)(C)OC(=O)OCCOc1ccc(-c2cncc(C(=O)NN)n2)cn1. The van der Waals surface area contributed by atoms with Crippen molar-refractivity contribution in [3.05, 3.63) is 36.4 Å². The first kappa shape index (κ1) is 20.0. The minimum Gasteiger partial charge on any atom is -0.474 e. The molecule has 0 aromatic carbocycles. The average Bonchev–Trinajstić information content (AvgIpc) is 2.64. The third kappa shape index (κ3) is 6.51. The Morgan fingerprint density at radius 3 is 2.56 bits per heavy atom. The highest BCUT2D eigenvalue weighted by atomic mass is 16.7. The number of amides is 1. The molecule has 2 aromatic rings. The largest absolute Gasteiger partial charge is 0.508 e. The van der Waals surface area contributed by atoms with E-state index in [1.807, 2.05) is 5.43 Å². The number of aromatic nitrogens is 3. The summed E-state index contributed by atoms with van der Waals surface area (Å²) in [7, 11) is 0. The number of hydrogen-bond acceptors (Lipinski definition) is 9. The van der Waals surface area contributed by atoms with Crippen LogP contribution in [0.5, 0.6) is 5.88 Å². The summed E-state index contributed by atoms with van der Waals surface area (Å²) in [6, 6.07) is 3.34. The van der Waals surface area contributed by atoms with Gasteiger partial charge in [-0.2, -0.15) is 0 Å². The number of ether oxygens (including phenoxy) is 3. The lowest BCUT2D eigenvalue weighted by molar-refractivity contribution is -0.0115. The molecule has 2 rings (SSSR count). The quantitative estimate of drug-likeness (QED) is 0.252. The zero-order valence-electron chi connectivity index (χ0n) is 15.3. The topological polar surface area (TPSA) is 139 Å². The van der Waals surface area contributed by atoms with Gasteiger partial charge in [0, 0.05) is 17.8 Å². The van der Waals surface area contributed by atoms with Crippen LogP contribution >= 0.6 is 0 Å². The Kier molecular flexibility index (Phi) is 6.61. The minimum atomic E-state index is -0.755. The van der Waals surface area contributed by atoms with Crippen LogP contribution in [0.3, 0.4) is 0 Å². The maximum atomic E-state index is 11.5. The standard InChI is InChI=1S/C17H21N5O5/c1-17(2,3)27-16(24)26-7-6-25-14-5-4-11(8-20-14)12-9-19-10-13(21-12)15(23)22-18/h4-5,8-10H,6-7,18H2,1-3H3,(H,22,23). The van der Waals surface area contributed by atoms with Gasteiger partial charge in [0.1, 0.15) is 24.5 Å². The summed E-state index contributed by atoms with van der Waals surface area (Å²) < 4.78 is 15.3. The number of nitrogen functional groups attached to an aromatic ring is 1. The molecule has 0 spiro atoms. The molecule has 0 radical (unpaired) electrons. The summed E-state index contributed by atoms with van der Waals surface area (Å²) in [5, 5.41) is 0. The fraction of sp³-hybridized carbons (Fsp3) is 0.353. The van der Waals surface area contributed by atoms with Gasteiger partial charge in [-0.3, -0.25) is 15.2 Å². The molecule has 1 amide bonds. The van der Waals surface area contributed by atoms with Crippen molar-refractivity contribution in [1.29, 1.82) is 0 Å². The molecule has 0 bridgehead atoms. The van der Waals surface area contributed by atoms with Crippen LogP contribution in [0.4, 0.5) is 4.79 Å². The Morgan fingerprint density at radius 2 is 1.93 bits per heavy atom. The second-order valence-electron chi connectivity index (χ2n) is 6.31. The normalized spacial score (nSPS) is 10.8. The number of hydrazine groups is 1. The average molecular weight is 375 g/mol. The lowest BCUT2D eigenvalue weighted by atomic mass is 10.2. The van der Waals surface area contributed by atoms with E-state index >= 15 is 0 Å². The number of nitrogens with one attached hydrogen (secondary N) is 1. The van der Waals surface area contributed by atoms with Crippen LogP contribution < -0.4 is 16.0 Å². The van der Waals surface area contributed by atoms with Gasteiger partial charge in [-0.05, 0) is 26.8 Å². The molecule has 0 atom stereocenters. The summed E-state index contributed by atoms with van der Waals surface area (Å²) in [4.78, 5) is 35.2. The number of rotatable bonds is 6. The number of pyridine rings is 1. The highest BCUT2D eigenvalue weighted by Crippen LogP contribution is 2.18. The Hall–Kier alpha value is -3.27. The summed E-state index contributed by atoms with van der Waals surface area (Å²) >= 11 is 0. The molecule has 0 saturated carbocycles. The second kappa shape index (κ2) is 8.90. The maximum absolute atomic E-state index is 11.5. The van der Waals surface area contributed by atoms with Crippen LogP contribution in [0.15, 0.2) is 30.7 Å². The molecule has 10 nitrogen and oxygen atoms in total. The van der Waals surface area contributed by atoms with Gasteiger partial charge in [0.15, 0.2) is 0 Å². The van der Waals surface area contributed by atoms with Crippen molar-refractivity contribution >= 4 is 12.1 Å². The van der Waals surface area contributed by atoms with Crippen LogP contribution in [-0.2, 0) is 9.47 Å². The van der Waals surface area contributed by atoms with Crippen molar-refractivity contribution in [3.63, 3.8) is 0 Å². The van der Waals surface area contributed by atoms with Crippen molar-refractivity contribution in [2.75, 3.05) is 13.2 Å². The van der Waals surface area contributed by atoms with Gasteiger partial charge in [0.25, 0.3) is 5.91 Å². The van der Waals surface area contributed by atoms with E-state index in [0.717, 1.165) is 0 Å². The van der Waals surface area contributed by atoms with Crippen LogP contribution in [0.2, 0.25) is 0 Å². The molecule has 2 heterocycles. The number of hydrogen-bond donors (Lipinski definition) is 2. The van der Waals surface area contributed by atoms with Crippen molar-refractivity contribution in [2.24, 2.45) is 5.84 Å².